The summed E-state index contributed by atoms with van der Waals surface area (Å²) >= 11 is 0. The number of benzene rings is 1. The lowest BCUT2D eigenvalue weighted by molar-refractivity contribution is -0.135. The molecular formula is C16H22N2O. The Labute approximate surface area is 115 Å². The molecule has 1 aromatic rings. The fourth-order valence-electron chi connectivity index (χ4n) is 3.87. The van der Waals surface area contributed by atoms with E-state index in [1.54, 1.807) is 0 Å². The van der Waals surface area contributed by atoms with E-state index in [9.17, 15) is 4.79 Å². The van der Waals surface area contributed by atoms with E-state index >= 15 is 0 Å². The monoisotopic (exact) mass is 258 g/mol. The molecule has 0 radical (unpaired) electrons. The highest BCUT2D eigenvalue weighted by atomic mass is 16.2. The zero-order chi connectivity index (χ0) is 13.6. The fourth-order valence-corrected chi connectivity index (χ4v) is 3.87. The Morgan fingerprint density at radius 1 is 1.37 bits per heavy atom. The quantitative estimate of drug-likeness (QED) is 0.810. The van der Waals surface area contributed by atoms with Gasteiger partial charge < -0.3 is 9.80 Å². The van der Waals surface area contributed by atoms with Crippen molar-refractivity contribution in [1.29, 1.82) is 0 Å². The van der Waals surface area contributed by atoms with Crippen molar-refractivity contribution in [1.82, 2.24) is 9.80 Å². The van der Waals surface area contributed by atoms with Crippen LogP contribution in [0, 0.1) is 0 Å². The molecule has 3 heteroatoms. The van der Waals surface area contributed by atoms with Crippen LogP contribution >= 0.6 is 0 Å². The standard InChI is InChI=1S/C16H22N2O/c1-16-9-8-15(19)18(16)13(11-17(2)3)10-12-6-4-5-7-14(12)16/h4-7,13H,8-11H2,1-3H3/t13-,16+/m0/s1. The fraction of sp³-hybridized carbons (Fsp3) is 0.562. The second-order valence-corrected chi connectivity index (χ2v) is 6.31. The Hall–Kier alpha value is -1.35. The van der Waals surface area contributed by atoms with Gasteiger partial charge in [-0.15, -0.1) is 0 Å². The van der Waals surface area contributed by atoms with Crippen molar-refractivity contribution >= 4 is 5.91 Å². The topological polar surface area (TPSA) is 23.6 Å². The summed E-state index contributed by atoms with van der Waals surface area (Å²) < 4.78 is 0. The second-order valence-electron chi connectivity index (χ2n) is 6.31. The highest BCUT2D eigenvalue weighted by Crippen LogP contribution is 2.45. The largest absolute Gasteiger partial charge is 0.329 e. The predicted octanol–water partition coefficient (Wildman–Crippen LogP) is 2.01. The Morgan fingerprint density at radius 3 is 2.84 bits per heavy atom. The Balaban J connectivity index is 2.07. The normalized spacial score (nSPS) is 29.6. The smallest absolute Gasteiger partial charge is 0.223 e. The van der Waals surface area contributed by atoms with E-state index in [1.807, 2.05) is 0 Å². The molecule has 0 aromatic heterocycles. The van der Waals surface area contributed by atoms with Crippen molar-refractivity contribution in [3.05, 3.63) is 35.4 Å². The van der Waals surface area contributed by atoms with E-state index in [0.29, 0.717) is 18.4 Å². The van der Waals surface area contributed by atoms with Crippen LogP contribution in [-0.4, -0.2) is 42.4 Å². The first-order valence-corrected chi connectivity index (χ1v) is 7.07. The molecule has 1 fully saturated rings. The third-order valence-electron chi connectivity index (χ3n) is 4.62. The summed E-state index contributed by atoms with van der Waals surface area (Å²) in [5, 5.41) is 0. The SMILES string of the molecule is CN(C)C[C@@H]1Cc2ccccc2[C@@]2(C)CCC(=O)N12. The van der Waals surface area contributed by atoms with Crippen LogP contribution in [0.15, 0.2) is 24.3 Å². The van der Waals surface area contributed by atoms with E-state index in [0.717, 1.165) is 19.4 Å². The molecule has 2 aliphatic heterocycles. The van der Waals surface area contributed by atoms with Crippen molar-refractivity contribution in [3.63, 3.8) is 0 Å². The molecule has 0 unspecified atom stereocenters. The maximum absolute atomic E-state index is 12.3. The van der Waals surface area contributed by atoms with Gasteiger partial charge in [0.1, 0.15) is 0 Å². The summed E-state index contributed by atoms with van der Waals surface area (Å²) in [6, 6.07) is 8.94. The molecule has 1 aromatic carbocycles. The van der Waals surface area contributed by atoms with Gasteiger partial charge in [-0.3, -0.25) is 4.79 Å². The van der Waals surface area contributed by atoms with Gasteiger partial charge in [-0.25, -0.2) is 0 Å². The number of hydrogen-bond acceptors (Lipinski definition) is 2. The molecule has 2 aliphatic rings. The molecule has 2 atom stereocenters. The van der Waals surface area contributed by atoms with Crippen LogP contribution < -0.4 is 0 Å². The lowest BCUT2D eigenvalue weighted by Gasteiger charge is -2.47. The second kappa shape index (κ2) is 4.34. The summed E-state index contributed by atoms with van der Waals surface area (Å²) in [6.45, 7) is 3.17. The zero-order valence-corrected chi connectivity index (χ0v) is 12.0. The van der Waals surface area contributed by atoms with Gasteiger partial charge in [0.15, 0.2) is 0 Å². The number of nitrogens with zero attached hydrogens (tertiary/aromatic N) is 2. The molecule has 0 saturated carbocycles. The number of hydrogen-bond donors (Lipinski definition) is 0. The van der Waals surface area contributed by atoms with Crippen molar-refractivity contribution in [3.8, 4) is 0 Å². The molecule has 3 nitrogen and oxygen atoms in total. The molecule has 102 valence electrons. The minimum Gasteiger partial charge on any atom is -0.329 e. The molecule has 19 heavy (non-hydrogen) atoms. The van der Waals surface area contributed by atoms with Crippen LogP contribution in [0.25, 0.3) is 0 Å². The van der Waals surface area contributed by atoms with Gasteiger partial charge in [-0.05, 0) is 45.0 Å². The van der Waals surface area contributed by atoms with Crippen LogP contribution in [0.4, 0.5) is 0 Å². The van der Waals surface area contributed by atoms with Gasteiger partial charge in [0.2, 0.25) is 5.91 Å². The molecule has 0 aliphatic carbocycles. The number of rotatable bonds is 2. The first kappa shape index (κ1) is 12.7. The zero-order valence-electron chi connectivity index (χ0n) is 12.0. The maximum Gasteiger partial charge on any atom is 0.223 e. The van der Waals surface area contributed by atoms with Gasteiger partial charge in [0.05, 0.1) is 5.54 Å². The van der Waals surface area contributed by atoms with Crippen molar-refractivity contribution in [2.45, 2.75) is 37.8 Å². The summed E-state index contributed by atoms with van der Waals surface area (Å²) in [4.78, 5) is 16.7. The van der Waals surface area contributed by atoms with Gasteiger partial charge in [0, 0.05) is 19.0 Å². The van der Waals surface area contributed by atoms with E-state index in [-0.39, 0.29) is 5.54 Å². The van der Waals surface area contributed by atoms with Gasteiger partial charge in [-0.1, -0.05) is 24.3 Å². The van der Waals surface area contributed by atoms with Crippen LogP contribution in [0.3, 0.4) is 0 Å². The lowest BCUT2D eigenvalue weighted by Crippen LogP contribution is -2.55. The number of carbonyl (C=O) groups excluding carboxylic acids is 1. The highest BCUT2D eigenvalue weighted by molar-refractivity contribution is 5.81. The van der Waals surface area contributed by atoms with Crippen LogP contribution in [0.1, 0.15) is 30.9 Å². The van der Waals surface area contributed by atoms with E-state index in [1.165, 1.54) is 11.1 Å². The van der Waals surface area contributed by atoms with Crippen LogP contribution in [0.2, 0.25) is 0 Å². The number of fused-ring (bicyclic) bond motifs is 3. The number of carbonyl (C=O) groups is 1. The van der Waals surface area contributed by atoms with Crippen LogP contribution in [-0.2, 0) is 16.8 Å². The molecule has 0 N–H and O–H groups in total. The predicted molar refractivity (Wildman–Crippen MR) is 75.9 cm³/mol. The molecule has 0 bridgehead atoms. The highest BCUT2D eigenvalue weighted by Gasteiger charge is 2.49. The molecular weight excluding hydrogens is 236 g/mol. The first-order valence-electron chi connectivity index (χ1n) is 7.07. The lowest BCUT2D eigenvalue weighted by atomic mass is 9.79. The Kier molecular flexibility index (Phi) is 2.90. The average Bonchev–Trinajstić information content (AvgIpc) is 2.66. The minimum absolute atomic E-state index is 0.0907. The molecule has 0 spiro atoms. The first-order chi connectivity index (χ1) is 9.02. The molecule has 1 saturated heterocycles. The molecule has 2 heterocycles. The average molecular weight is 258 g/mol. The van der Waals surface area contributed by atoms with Crippen molar-refractivity contribution in [2.24, 2.45) is 0 Å². The van der Waals surface area contributed by atoms with Gasteiger partial charge in [0.25, 0.3) is 0 Å². The third kappa shape index (κ3) is 1.88. The van der Waals surface area contributed by atoms with E-state index in [4.69, 9.17) is 0 Å². The Morgan fingerprint density at radius 2 is 2.11 bits per heavy atom. The van der Waals surface area contributed by atoms with Crippen LogP contribution in [0.5, 0.6) is 0 Å². The van der Waals surface area contributed by atoms with Gasteiger partial charge >= 0.3 is 0 Å². The van der Waals surface area contributed by atoms with E-state index < -0.39 is 0 Å². The van der Waals surface area contributed by atoms with Crippen molar-refractivity contribution in [2.75, 3.05) is 20.6 Å². The number of amides is 1. The third-order valence-corrected chi connectivity index (χ3v) is 4.62. The van der Waals surface area contributed by atoms with Crippen molar-refractivity contribution < 1.29 is 4.79 Å². The summed E-state index contributed by atoms with van der Waals surface area (Å²) in [7, 11) is 4.16. The summed E-state index contributed by atoms with van der Waals surface area (Å²) in [6.07, 6.45) is 2.62. The maximum atomic E-state index is 12.3. The number of likely N-dealkylation sites (N-methyl/N-ethyl adjacent to an activating group) is 1. The summed E-state index contributed by atoms with van der Waals surface area (Å²) in [5.74, 6) is 0.323. The summed E-state index contributed by atoms with van der Waals surface area (Å²) in [5.41, 5.74) is 2.69. The molecule has 3 rings (SSSR count). The van der Waals surface area contributed by atoms with Gasteiger partial charge in [-0.2, -0.15) is 0 Å². The Bertz CT molecular complexity index is 511. The van der Waals surface area contributed by atoms with E-state index in [2.05, 4.69) is 55.1 Å². The molecule has 1 amide bonds. The minimum atomic E-state index is -0.0907.